The molecule has 0 atom stereocenters. The quantitative estimate of drug-likeness (QED) is 0.634. The number of para-hydroxylation sites is 2. The molecule has 140 valence electrons. The number of hydrogen-bond donors (Lipinski definition) is 1. The zero-order chi connectivity index (χ0) is 19.4. The summed E-state index contributed by atoms with van der Waals surface area (Å²) in [5, 5.41) is 3.46. The lowest BCUT2D eigenvalue weighted by atomic mass is 10.2. The number of carbonyl (C=O) groups excluding carboxylic acids is 1. The number of fused-ring (bicyclic) bond motifs is 1. The second-order valence-corrected chi connectivity index (χ2v) is 5.85. The second-order valence-electron chi connectivity index (χ2n) is 5.44. The summed E-state index contributed by atoms with van der Waals surface area (Å²) in [6.45, 7) is 1.95. The minimum Gasteiger partial charge on any atom is -0.495 e. The average molecular weight is 388 g/mol. The van der Waals surface area contributed by atoms with Gasteiger partial charge in [0.2, 0.25) is 0 Å². The first-order chi connectivity index (χ1) is 13.1. The first kappa shape index (κ1) is 18.7. The summed E-state index contributed by atoms with van der Waals surface area (Å²) in [5.41, 5.74) is 1.81. The van der Waals surface area contributed by atoms with E-state index < -0.39 is 5.97 Å². The van der Waals surface area contributed by atoms with E-state index >= 15 is 0 Å². The molecule has 0 saturated carbocycles. The van der Waals surface area contributed by atoms with Crippen LogP contribution in [0.3, 0.4) is 0 Å². The van der Waals surface area contributed by atoms with Gasteiger partial charge >= 0.3 is 5.97 Å². The lowest BCUT2D eigenvalue weighted by Crippen LogP contribution is -2.12. The predicted molar refractivity (Wildman–Crippen MR) is 103 cm³/mol. The van der Waals surface area contributed by atoms with Crippen LogP contribution in [0.2, 0.25) is 5.02 Å². The second kappa shape index (κ2) is 8.09. The summed E-state index contributed by atoms with van der Waals surface area (Å²) in [7, 11) is 3.04. The number of methoxy groups -OCH3 is 2. The molecule has 1 aromatic heterocycles. The van der Waals surface area contributed by atoms with Crippen molar-refractivity contribution in [3.8, 4) is 11.5 Å². The number of aromatic nitrogens is 2. The van der Waals surface area contributed by atoms with Crippen LogP contribution in [-0.2, 0) is 4.74 Å². The largest absolute Gasteiger partial charge is 0.495 e. The number of benzene rings is 2. The number of rotatable bonds is 6. The number of ether oxygens (including phenoxy) is 3. The molecule has 0 aliphatic heterocycles. The molecular weight excluding hydrogens is 370 g/mol. The van der Waals surface area contributed by atoms with E-state index in [1.807, 2.05) is 12.1 Å². The molecule has 0 fully saturated rings. The van der Waals surface area contributed by atoms with Gasteiger partial charge in [0.25, 0.3) is 0 Å². The molecular formula is C19H18ClN3O4. The topological polar surface area (TPSA) is 82.6 Å². The number of nitrogens with one attached hydrogen (secondary N) is 1. The van der Waals surface area contributed by atoms with Crippen LogP contribution in [0.5, 0.6) is 11.5 Å². The van der Waals surface area contributed by atoms with E-state index in [1.165, 1.54) is 14.2 Å². The Labute approximate surface area is 161 Å². The molecule has 8 heteroatoms. The highest BCUT2D eigenvalue weighted by Gasteiger charge is 2.20. The Hall–Kier alpha value is -3.06. The lowest BCUT2D eigenvalue weighted by Gasteiger charge is -2.15. The van der Waals surface area contributed by atoms with Crippen molar-refractivity contribution in [3.63, 3.8) is 0 Å². The van der Waals surface area contributed by atoms with Gasteiger partial charge in [-0.1, -0.05) is 23.7 Å². The zero-order valence-electron chi connectivity index (χ0n) is 15.1. The van der Waals surface area contributed by atoms with Crippen LogP contribution in [0.1, 0.15) is 17.4 Å². The Balaban J connectivity index is 2.12. The molecule has 27 heavy (non-hydrogen) atoms. The van der Waals surface area contributed by atoms with Crippen molar-refractivity contribution in [2.45, 2.75) is 6.92 Å². The molecule has 0 amide bonds. The Kier molecular flexibility index (Phi) is 5.61. The molecule has 2 aromatic carbocycles. The standard InChI is InChI=1S/C19H18ClN3O4/c1-4-27-19(24)17-18(22-13-8-6-5-7-12(13)21-17)23-14-9-11(20)15(25-2)10-16(14)26-3/h5-10H,4H2,1-3H3,(H,22,23). The Bertz CT molecular complexity index is 994. The minimum atomic E-state index is -0.572. The van der Waals surface area contributed by atoms with E-state index in [1.54, 1.807) is 31.2 Å². The predicted octanol–water partition coefficient (Wildman–Crippen LogP) is 4.22. The molecule has 0 aliphatic rings. The van der Waals surface area contributed by atoms with Gasteiger partial charge in [0, 0.05) is 6.07 Å². The molecule has 0 saturated heterocycles. The van der Waals surface area contributed by atoms with E-state index in [0.29, 0.717) is 33.2 Å². The van der Waals surface area contributed by atoms with Gasteiger partial charge < -0.3 is 19.5 Å². The van der Waals surface area contributed by atoms with Crippen LogP contribution in [0.25, 0.3) is 11.0 Å². The number of nitrogens with zero attached hydrogens (tertiary/aromatic N) is 2. The van der Waals surface area contributed by atoms with Gasteiger partial charge in [0.1, 0.15) is 11.5 Å². The van der Waals surface area contributed by atoms with Crippen molar-refractivity contribution >= 4 is 40.1 Å². The number of hydrogen-bond acceptors (Lipinski definition) is 7. The molecule has 1 N–H and O–H groups in total. The van der Waals surface area contributed by atoms with Gasteiger partial charge in [-0.3, -0.25) is 0 Å². The molecule has 0 radical (unpaired) electrons. The van der Waals surface area contributed by atoms with Crippen LogP contribution in [0.4, 0.5) is 11.5 Å². The van der Waals surface area contributed by atoms with Gasteiger partial charge in [-0.15, -0.1) is 0 Å². The maximum atomic E-state index is 12.4. The van der Waals surface area contributed by atoms with Crippen molar-refractivity contribution < 1.29 is 19.0 Å². The van der Waals surface area contributed by atoms with Crippen molar-refractivity contribution in [3.05, 3.63) is 47.1 Å². The van der Waals surface area contributed by atoms with Crippen LogP contribution < -0.4 is 14.8 Å². The Morgan fingerprint density at radius 1 is 1.07 bits per heavy atom. The van der Waals surface area contributed by atoms with E-state index in [4.69, 9.17) is 25.8 Å². The molecule has 0 aliphatic carbocycles. The summed E-state index contributed by atoms with van der Waals surface area (Å²) < 4.78 is 15.7. The van der Waals surface area contributed by atoms with Gasteiger partial charge in [-0.25, -0.2) is 14.8 Å². The summed E-state index contributed by atoms with van der Waals surface area (Å²) in [6, 6.07) is 10.5. The molecule has 1 heterocycles. The zero-order valence-corrected chi connectivity index (χ0v) is 15.8. The van der Waals surface area contributed by atoms with E-state index in [-0.39, 0.29) is 18.1 Å². The summed E-state index contributed by atoms with van der Waals surface area (Å²) in [6.07, 6.45) is 0. The maximum absolute atomic E-state index is 12.4. The number of carbonyl (C=O) groups is 1. The van der Waals surface area contributed by atoms with Crippen molar-refractivity contribution in [1.29, 1.82) is 0 Å². The number of anilines is 2. The third-order valence-corrected chi connectivity index (χ3v) is 4.06. The van der Waals surface area contributed by atoms with E-state index in [2.05, 4.69) is 15.3 Å². The van der Waals surface area contributed by atoms with Crippen LogP contribution in [0, 0.1) is 0 Å². The fourth-order valence-electron chi connectivity index (χ4n) is 2.51. The molecule has 0 unspecified atom stereocenters. The SMILES string of the molecule is CCOC(=O)c1nc2ccccc2nc1Nc1cc(Cl)c(OC)cc1OC. The maximum Gasteiger partial charge on any atom is 0.360 e. The highest BCUT2D eigenvalue weighted by Crippen LogP contribution is 2.37. The van der Waals surface area contributed by atoms with E-state index in [9.17, 15) is 4.79 Å². The van der Waals surface area contributed by atoms with Gasteiger partial charge in [0.15, 0.2) is 11.5 Å². The van der Waals surface area contributed by atoms with Crippen LogP contribution in [0.15, 0.2) is 36.4 Å². The van der Waals surface area contributed by atoms with Crippen molar-refractivity contribution in [1.82, 2.24) is 9.97 Å². The highest BCUT2D eigenvalue weighted by atomic mass is 35.5. The van der Waals surface area contributed by atoms with E-state index in [0.717, 1.165) is 0 Å². The summed E-state index contributed by atoms with van der Waals surface area (Å²) in [5.74, 6) is 0.610. The Morgan fingerprint density at radius 3 is 2.37 bits per heavy atom. The summed E-state index contributed by atoms with van der Waals surface area (Å²) >= 11 is 6.22. The van der Waals surface area contributed by atoms with Crippen LogP contribution >= 0.6 is 11.6 Å². The van der Waals surface area contributed by atoms with Gasteiger partial charge in [0.05, 0.1) is 42.6 Å². The normalized spacial score (nSPS) is 10.5. The molecule has 7 nitrogen and oxygen atoms in total. The third-order valence-electron chi connectivity index (χ3n) is 3.77. The highest BCUT2D eigenvalue weighted by molar-refractivity contribution is 6.32. The number of esters is 1. The molecule has 0 bridgehead atoms. The fourth-order valence-corrected chi connectivity index (χ4v) is 2.76. The fraction of sp³-hybridized carbons (Fsp3) is 0.211. The van der Waals surface area contributed by atoms with Gasteiger partial charge in [-0.2, -0.15) is 0 Å². The summed E-state index contributed by atoms with van der Waals surface area (Å²) in [4.78, 5) is 21.3. The van der Waals surface area contributed by atoms with Crippen LogP contribution in [-0.4, -0.2) is 36.8 Å². The average Bonchev–Trinajstić information content (AvgIpc) is 2.68. The monoisotopic (exact) mass is 387 g/mol. The smallest absolute Gasteiger partial charge is 0.360 e. The molecule has 0 spiro atoms. The molecule has 3 aromatic rings. The molecule has 3 rings (SSSR count). The van der Waals surface area contributed by atoms with Crippen molar-refractivity contribution in [2.75, 3.05) is 26.1 Å². The lowest BCUT2D eigenvalue weighted by molar-refractivity contribution is 0.0521. The van der Waals surface area contributed by atoms with Gasteiger partial charge in [-0.05, 0) is 25.1 Å². The first-order valence-electron chi connectivity index (χ1n) is 8.19. The van der Waals surface area contributed by atoms with Crippen molar-refractivity contribution in [2.24, 2.45) is 0 Å². The number of halogens is 1. The first-order valence-corrected chi connectivity index (χ1v) is 8.57. The minimum absolute atomic E-state index is 0.0737. The third kappa shape index (κ3) is 3.88. The Morgan fingerprint density at radius 2 is 1.74 bits per heavy atom.